The number of fused-ring (bicyclic) bond motifs is 3. The average Bonchev–Trinajstić information content (AvgIpc) is 3.15. The molecule has 1 unspecified atom stereocenters. The first kappa shape index (κ1) is 19.5. The van der Waals surface area contributed by atoms with Gasteiger partial charge < -0.3 is 19.9 Å². The predicted molar refractivity (Wildman–Crippen MR) is 118 cm³/mol. The Morgan fingerprint density at radius 3 is 2.48 bits per heavy atom. The van der Waals surface area contributed by atoms with Gasteiger partial charge in [-0.15, -0.1) is 0 Å². The lowest BCUT2D eigenvalue weighted by molar-refractivity contribution is 0.0696. The number of hydrogen-bond donors (Lipinski definition) is 3. The second-order valence-corrected chi connectivity index (χ2v) is 7.82. The van der Waals surface area contributed by atoms with Crippen LogP contribution in [0.1, 0.15) is 33.3 Å². The van der Waals surface area contributed by atoms with Gasteiger partial charge in [-0.05, 0) is 24.6 Å². The van der Waals surface area contributed by atoms with Crippen molar-refractivity contribution in [1.82, 2.24) is 15.2 Å². The number of aromatic hydroxyl groups is 1. The molecule has 4 aromatic rings. The van der Waals surface area contributed by atoms with Crippen LogP contribution in [-0.2, 0) is 0 Å². The third-order valence-corrected chi connectivity index (χ3v) is 6.06. The van der Waals surface area contributed by atoms with Crippen LogP contribution in [0.5, 0.6) is 5.75 Å². The zero-order chi connectivity index (χ0) is 21.5. The summed E-state index contributed by atoms with van der Waals surface area (Å²) < 4.78 is 6.01. The van der Waals surface area contributed by atoms with Crippen molar-refractivity contribution in [3.63, 3.8) is 0 Å². The maximum absolute atomic E-state index is 12.3. The second kappa shape index (κ2) is 7.68. The van der Waals surface area contributed by atoms with E-state index in [2.05, 4.69) is 15.2 Å². The van der Waals surface area contributed by atoms with Crippen molar-refractivity contribution in [1.29, 1.82) is 0 Å². The Kier molecular flexibility index (Phi) is 4.84. The number of carboxylic acids is 1. The lowest BCUT2D eigenvalue weighted by Gasteiger charge is -2.36. The minimum atomic E-state index is -1.07. The number of aromatic nitrogens is 1. The number of nitrogens with one attached hydrogen (secondary N) is 1. The average molecular weight is 417 g/mol. The highest BCUT2D eigenvalue weighted by atomic mass is 16.4. The third-order valence-electron chi connectivity index (χ3n) is 6.06. The van der Waals surface area contributed by atoms with Crippen molar-refractivity contribution in [2.45, 2.75) is 13.0 Å². The summed E-state index contributed by atoms with van der Waals surface area (Å²) in [5.74, 6) is -0.652. The molecule has 7 heteroatoms. The smallest absolute Gasteiger partial charge is 0.339 e. The van der Waals surface area contributed by atoms with Gasteiger partial charge in [0.15, 0.2) is 0 Å². The Labute approximate surface area is 178 Å². The number of nitrogens with zero attached hydrogens (tertiary/aromatic N) is 2. The van der Waals surface area contributed by atoms with Gasteiger partial charge in [0.2, 0.25) is 0 Å². The predicted octanol–water partition coefficient (Wildman–Crippen LogP) is 3.69. The Morgan fingerprint density at radius 2 is 1.81 bits per heavy atom. The quantitative estimate of drug-likeness (QED) is 0.466. The minimum absolute atomic E-state index is 0.0896. The summed E-state index contributed by atoms with van der Waals surface area (Å²) in [7, 11) is 0. The highest BCUT2D eigenvalue weighted by Gasteiger charge is 2.33. The Hall–Kier alpha value is -3.42. The van der Waals surface area contributed by atoms with Crippen molar-refractivity contribution in [2.75, 3.05) is 26.2 Å². The molecule has 1 aliphatic rings. The molecule has 1 atom stereocenters. The molecular formula is C24H23N3O4. The van der Waals surface area contributed by atoms with E-state index < -0.39 is 5.97 Å². The van der Waals surface area contributed by atoms with Crippen LogP contribution in [0.25, 0.3) is 21.7 Å². The number of aromatic carboxylic acids is 1. The summed E-state index contributed by atoms with van der Waals surface area (Å²) in [6, 6.07) is 10.9. The van der Waals surface area contributed by atoms with E-state index >= 15 is 0 Å². The molecule has 1 saturated heterocycles. The van der Waals surface area contributed by atoms with Crippen LogP contribution in [0.4, 0.5) is 0 Å². The minimum Gasteiger partial charge on any atom is -0.507 e. The largest absolute Gasteiger partial charge is 0.507 e. The zero-order valence-electron chi connectivity index (χ0n) is 17.1. The molecule has 3 heterocycles. The molecule has 158 valence electrons. The molecular weight excluding hydrogens is 394 g/mol. The van der Waals surface area contributed by atoms with Crippen molar-refractivity contribution >= 4 is 27.7 Å². The molecule has 3 N–H and O–H groups in total. The fourth-order valence-electron chi connectivity index (χ4n) is 4.71. The van der Waals surface area contributed by atoms with E-state index in [9.17, 15) is 15.0 Å². The highest BCUT2D eigenvalue weighted by molar-refractivity contribution is 6.16. The van der Waals surface area contributed by atoms with Gasteiger partial charge in [-0.1, -0.05) is 24.3 Å². The van der Waals surface area contributed by atoms with Gasteiger partial charge in [0.25, 0.3) is 0 Å². The Bertz CT molecular complexity index is 1280. The number of rotatable bonds is 4. The molecule has 2 aromatic heterocycles. The first-order valence-electron chi connectivity index (χ1n) is 10.3. The number of hydrogen-bond acceptors (Lipinski definition) is 6. The van der Waals surface area contributed by atoms with Gasteiger partial charge in [0, 0.05) is 60.3 Å². The number of benzene rings is 2. The number of carboxylic acid groups (broad SMARTS) is 1. The summed E-state index contributed by atoms with van der Waals surface area (Å²) in [5, 5.41) is 26.7. The van der Waals surface area contributed by atoms with Gasteiger partial charge in [0.1, 0.15) is 22.7 Å². The number of carbonyl (C=O) groups is 1. The molecule has 1 fully saturated rings. The van der Waals surface area contributed by atoms with E-state index in [1.165, 1.54) is 0 Å². The Morgan fingerprint density at radius 1 is 1.13 bits per heavy atom. The van der Waals surface area contributed by atoms with Crippen molar-refractivity contribution in [3.8, 4) is 5.75 Å². The van der Waals surface area contributed by atoms with Crippen LogP contribution < -0.4 is 5.32 Å². The van der Waals surface area contributed by atoms with Crippen molar-refractivity contribution < 1.29 is 19.4 Å². The van der Waals surface area contributed by atoms with Gasteiger partial charge in [-0.3, -0.25) is 9.88 Å². The molecule has 0 amide bonds. The van der Waals surface area contributed by atoms with E-state index in [0.717, 1.165) is 31.7 Å². The van der Waals surface area contributed by atoms with Gasteiger partial charge >= 0.3 is 5.97 Å². The number of furan rings is 1. The monoisotopic (exact) mass is 417 g/mol. The number of aryl methyl sites for hydroxylation is 1. The molecule has 2 aromatic carbocycles. The first-order chi connectivity index (χ1) is 15.1. The van der Waals surface area contributed by atoms with Crippen LogP contribution in [-0.4, -0.2) is 52.2 Å². The molecule has 0 radical (unpaired) electrons. The summed E-state index contributed by atoms with van der Waals surface area (Å²) in [5.41, 5.74) is 2.10. The standard InChI is InChI=1S/C24H23N3O4/c1-14-18(24(29)30)19-20(22(28)16-4-2-3-5-17(16)23(19)31-14)21(15-6-8-25-9-7-15)27-12-10-26-11-13-27/h2-9,21,26,28H,10-13H2,1H3,(H,29,30). The summed E-state index contributed by atoms with van der Waals surface area (Å²) in [6.45, 7) is 4.82. The van der Waals surface area contributed by atoms with E-state index in [0.29, 0.717) is 33.1 Å². The number of piperazine rings is 1. The van der Waals surface area contributed by atoms with Crippen molar-refractivity contribution in [2.24, 2.45) is 0 Å². The summed E-state index contributed by atoms with van der Waals surface area (Å²) >= 11 is 0. The molecule has 1 aliphatic heterocycles. The number of pyridine rings is 1. The fourth-order valence-corrected chi connectivity index (χ4v) is 4.71. The molecule has 7 nitrogen and oxygen atoms in total. The molecule has 0 saturated carbocycles. The van der Waals surface area contributed by atoms with Crippen molar-refractivity contribution in [3.05, 3.63) is 71.2 Å². The van der Waals surface area contributed by atoms with Crippen LogP contribution in [0.15, 0.2) is 53.2 Å². The molecule has 0 aliphatic carbocycles. The van der Waals surface area contributed by atoms with Gasteiger partial charge in [-0.25, -0.2) is 4.79 Å². The number of phenols is 1. The van der Waals surface area contributed by atoms with Crippen LogP contribution in [0.2, 0.25) is 0 Å². The van der Waals surface area contributed by atoms with Gasteiger partial charge in [-0.2, -0.15) is 0 Å². The summed E-state index contributed by atoms with van der Waals surface area (Å²) in [4.78, 5) is 18.7. The van der Waals surface area contributed by atoms with Crippen LogP contribution >= 0.6 is 0 Å². The second-order valence-electron chi connectivity index (χ2n) is 7.82. The van der Waals surface area contributed by atoms with E-state index in [1.54, 1.807) is 19.3 Å². The maximum atomic E-state index is 12.3. The highest BCUT2D eigenvalue weighted by Crippen LogP contribution is 2.47. The van der Waals surface area contributed by atoms with E-state index in [-0.39, 0.29) is 17.4 Å². The third kappa shape index (κ3) is 3.13. The van der Waals surface area contributed by atoms with Crippen LogP contribution in [0.3, 0.4) is 0 Å². The molecule has 0 spiro atoms. The molecule has 5 rings (SSSR count). The zero-order valence-corrected chi connectivity index (χ0v) is 17.1. The lowest BCUT2D eigenvalue weighted by atomic mass is 9.89. The summed E-state index contributed by atoms with van der Waals surface area (Å²) in [6.07, 6.45) is 3.44. The maximum Gasteiger partial charge on any atom is 0.339 e. The molecule has 0 bridgehead atoms. The number of phenolic OH excluding ortho intramolecular Hbond substituents is 1. The first-order valence-corrected chi connectivity index (χ1v) is 10.3. The molecule has 31 heavy (non-hydrogen) atoms. The van der Waals surface area contributed by atoms with Crippen LogP contribution in [0, 0.1) is 6.92 Å². The Balaban J connectivity index is 1.92. The normalized spacial score (nSPS) is 16.0. The fraction of sp³-hybridized carbons (Fsp3) is 0.250. The van der Waals surface area contributed by atoms with Gasteiger partial charge in [0.05, 0.1) is 6.04 Å². The topological polar surface area (TPSA) is 98.8 Å². The lowest BCUT2D eigenvalue weighted by Crippen LogP contribution is -2.45. The van der Waals surface area contributed by atoms with E-state index in [4.69, 9.17) is 4.42 Å². The van der Waals surface area contributed by atoms with E-state index in [1.807, 2.05) is 36.4 Å². The SMILES string of the molecule is Cc1oc2c(c1C(=O)O)c(C(c1ccncc1)N1CCNCC1)c(O)c1ccccc12.